The molecule has 0 aromatic rings. The van der Waals surface area contributed by atoms with Crippen molar-refractivity contribution in [3.05, 3.63) is 0 Å². The number of hydrogen-bond acceptors (Lipinski definition) is 5. The summed E-state index contributed by atoms with van der Waals surface area (Å²) >= 11 is 0. The standard InChI is InChI=1S/C12H25NO4/c1-8(14)9(13)10(15)17-12(5,6)7-16-11(2,3)4/h8-9,14H,7,13H2,1-6H3/t8-,9+/m1/s1. The molecule has 0 saturated heterocycles. The third-order valence-electron chi connectivity index (χ3n) is 2.02. The van der Waals surface area contributed by atoms with E-state index < -0.39 is 23.7 Å². The number of rotatable bonds is 5. The van der Waals surface area contributed by atoms with Crippen molar-refractivity contribution in [2.24, 2.45) is 5.73 Å². The lowest BCUT2D eigenvalue weighted by molar-refractivity contribution is -0.171. The lowest BCUT2D eigenvalue weighted by atomic mass is 10.1. The highest BCUT2D eigenvalue weighted by Gasteiger charge is 2.30. The fourth-order valence-corrected chi connectivity index (χ4v) is 0.957. The summed E-state index contributed by atoms with van der Waals surface area (Å²) in [5.74, 6) is -0.623. The van der Waals surface area contributed by atoms with Crippen molar-refractivity contribution in [1.82, 2.24) is 0 Å². The van der Waals surface area contributed by atoms with Crippen LogP contribution in [0.2, 0.25) is 0 Å². The van der Waals surface area contributed by atoms with Crippen LogP contribution in [0.1, 0.15) is 41.5 Å². The molecule has 0 spiro atoms. The van der Waals surface area contributed by atoms with Crippen molar-refractivity contribution in [3.8, 4) is 0 Å². The van der Waals surface area contributed by atoms with E-state index in [0.29, 0.717) is 0 Å². The zero-order valence-electron chi connectivity index (χ0n) is 11.6. The van der Waals surface area contributed by atoms with Gasteiger partial charge < -0.3 is 20.3 Å². The predicted molar refractivity (Wildman–Crippen MR) is 65.5 cm³/mol. The van der Waals surface area contributed by atoms with E-state index in [1.165, 1.54) is 6.92 Å². The molecule has 5 nitrogen and oxygen atoms in total. The number of aliphatic hydroxyl groups is 1. The van der Waals surface area contributed by atoms with E-state index in [2.05, 4.69) is 0 Å². The van der Waals surface area contributed by atoms with Crippen LogP contribution >= 0.6 is 0 Å². The van der Waals surface area contributed by atoms with E-state index in [4.69, 9.17) is 15.2 Å². The second-order valence-electron chi connectivity index (χ2n) is 5.85. The normalized spacial score (nSPS) is 16.5. The highest BCUT2D eigenvalue weighted by molar-refractivity contribution is 5.76. The van der Waals surface area contributed by atoms with Gasteiger partial charge in [-0.25, -0.2) is 0 Å². The van der Waals surface area contributed by atoms with Gasteiger partial charge in [-0.3, -0.25) is 4.79 Å². The van der Waals surface area contributed by atoms with Crippen LogP contribution in [0.15, 0.2) is 0 Å². The van der Waals surface area contributed by atoms with Crippen molar-refractivity contribution >= 4 is 5.97 Å². The molecule has 0 aromatic carbocycles. The topological polar surface area (TPSA) is 81.8 Å². The number of esters is 1. The zero-order valence-corrected chi connectivity index (χ0v) is 11.6. The third-order valence-corrected chi connectivity index (χ3v) is 2.02. The average Bonchev–Trinajstić information content (AvgIpc) is 2.12. The zero-order chi connectivity index (χ0) is 13.9. The Bertz CT molecular complexity index is 256. The maximum atomic E-state index is 11.6. The van der Waals surface area contributed by atoms with Crippen molar-refractivity contribution in [3.63, 3.8) is 0 Å². The molecule has 0 saturated carbocycles. The van der Waals surface area contributed by atoms with Gasteiger partial charge in [0.25, 0.3) is 0 Å². The lowest BCUT2D eigenvalue weighted by Gasteiger charge is -2.30. The monoisotopic (exact) mass is 247 g/mol. The SMILES string of the molecule is C[C@@H](O)[C@H](N)C(=O)OC(C)(C)COC(C)(C)C. The Balaban J connectivity index is 4.30. The predicted octanol–water partition coefficient (Wildman–Crippen LogP) is 0.831. The van der Waals surface area contributed by atoms with Crippen molar-refractivity contribution in [2.75, 3.05) is 6.61 Å². The summed E-state index contributed by atoms with van der Waals surface area (Å²) in [4.78, 5) is 11.6. The molecule has 0 aliphatic heterocycles. The van der Waals surface area contributed by atoms with Crippen LogP contribution in [0.4, 0.5) is 0 Å². The van der Waals surface area contributed by atoms with Crippen LogP contribution < -0.4 is 5.73 Å². The summed E-state index contributed by atoms with van der Waals surface area (Å²) in [6, 6.07) is -1.02. The molecule has 0 bridgehead atoms. The summed E-state index contributed by atoms with van der Waals surface area (Å²) in [5.41, 5.74) is 4.42. The second kappa shape index (κ2) is 5.80. The molecule has 0 unspecified atom stereocenters. The maximum absolute atomic E-state index is 11.6. The van der Waals surface area contributed by atoms with Crippen LogP contribution in [0.5, 0.6) is 0 Å². The summed E-state index contributed by atoms with van der Waals surface area (Å²) < 4.78 is 10.8. The van der Waals surface area contributed by atoms with Gasteiger partial charge in [0.1, 0.15) is 11.6 Å². The van der Waals surface area contributed by atoms with Gasteiger partial charge >= 0.3 is 5.97 Å². The fraction of sp³-hybridized carbons (Fsp3) is 0.917. The van der Waals surface area contributed by atoms with E-state index >= 15 is 0 Å². The molecular weight excluding hydrogens is 222 g/mol. The molecular formula is C12H25NO4. The molecule has 0 radical (unpaired) electrons. The average molecular weight is 247 g/mol. The number of nitrogens with two attached hydrogens (primary N) is 1. The molecule has 0 heterocycles. The van der Waals surface area contributed by atoms with Gasteiger partial charge in [-0.05, 0) is 41.5 Å². The maximum Gasteiger partial charge on any atom is 0.326 e. The molecule has 0 rings (SSSR count). The Hall–Kier alpha value is -0.650. The van der Waals surface area contributed by atoms with E-state index in [1.807, 2.05) is 20.8 Å². The molecule has 0 aliphatic carbocycles. The van der Waals surface area contributed by atoms with Gasteiger partial charge in [0, 0.05) is 0 Å². The minimum Gasteiger partial charge on any atom is -0.456 e. The van der Waals surface area contributed by atoms with Gasteiger partial charge in [0.05, 0.1) is 18.3 Å². The van der Waals surface area contributed by atoms with Gasteiger partial charge in [0.15, 0.2) is 0 Å². The molecule has 0 aliphatic rings. The van der Waals surface area contributed by atoms with Gasteiger partial charge in [0.2, 0.25) is 0 Å². The van der Waals surface area contributed by atoms with E-state index in [9.17, 15) is 9.90 Å². The van der Waals surface area contributed by atoms with Gasteiger partial charge in [-0.2, -0.15) is 0 Å². The highest BCUT2D eigenvalue weighted by Crippen LogP contribution is 2.16. The van der Waals surface area contributed by atoms with Gasteiger partial charge in [-0.15, -0.1) is 0 Å². The quantitative estimate of drug-likeness (QED) is 0.703. The Morgan fingerprint density at radius 3 is 2.12 bits per heavy atom. The summed E-state index contributed by atoms with van der Waals surface area (Å²) in [5, 5.41) is 9.19. The van der Waals surface area contributed by atoms with Crippen molar-refractivity contribution in [1.29, 1.82) is 0 Å². The van der Waals surface area contributed by atoms with Crippen molar-refractivity contribution in [2.45, 2.75) is 64.9 Å². The van der Waals surface area contributed by atoms with E-state index in [0.717, 1.165) is 0 Å². The minimum absolute atomic E-state index is 0.273. The van der Waals surface area contributed by atoms with Crippen LogP contribution in [-0.2, 0) is 14.3 Å². The first-order valence-electron chi connectivity index (χ1n) is 5.75. The number of hydrogen-bond donors (Lipinski definition) is 2. The lowest BCUT2D eigenvalue weighted by Crippen LogP contribution is -2.46. The highest BCUT2D eigenvalue weighted by atomic mass is 16.6. The number of carbonyl (C=O) groups is 1. The van der Waals surface area contributed by atoms with Crippen LogP contribution in [0.3, 0.4) is 0 Å². The van der Waals surface area contributed by atoms with Crippen LogP contribution in [-0.4, -0.2) is 41.0 Å². The van der Waals surface area contributed by atoms with E-state index in [-0.39, 0.29) is 12.2 Å². The largest absolute Gasteiger partial charge is 0.456 e. The first-order chi connectivity index (χ1) is 7.44. The second-order valence-corrected chi connectivity index (χ2v) is 5.85. The number of ether oxygens (including phenoxy) is 2. The summed E-state index contributed by atoms with van der Waals surface area (Å²) in [6.45, 7) is 11.0. The van der Waals surface area contributed by atoms with Crippen LogP contribution in [0.25, 0.3) is 0 Å². The Morgan fingerprint density at radius 2 is 1.76 bits per heavy atom. The molecule has 17 heavy (non-hydrogen) atoms. The first-order valence-corrected chi connectivity index (χ1v) is 5.75. The molecule has 0 fully saturated rings. The molecule has 3 N–H and O–H groups in total. The number of aliphatic hydroxyl groups excluding tert-OH is 1. The Morgan fingerprint density at radius 1 is 1.29 bits per heavy atom. The molecule has 0 aromatic heterocycles. The molecule has 102 valence electrons. The van der Waals surface area contributed by atoms with E-state index in [1.54, 1.807) is 13.8 Å². The molecule has 5 heteroatoms. The molecule has 2 atom stereocenters. The number of carbonyl (C=O) groups excluding carboxylic acids is 1. The third kappa shape index (κ3) is 7.31. The fourth-order valence-electron chi connectivity index (χ4n) is 0.957. The van der Waals surface area contributed by atoms with Gasteiger partial charge in [-0.1, -0.05) is 0 Å². The smallest absolute Gasteiger partial charge is 0.326 e. The summed E-state index contributed by atoms with van der Waals surface area (Å²) in [6.07, 6.45) is -0.929. The van der Waals surface area contributed by atoms with Crippen LogP contribution in [0, 0.1) is 0 Å². The Kier molecular flexibility index (Phi) is 5.58. The first kappa shape index (κ1) is 16.4. The Labute approximate surface area is 103 Å². The molecule has 0 amide bonds. The minimum atomic E-state index is -1.02. The van der Waals surface area contributed by atoms with Crippen molar-refractivity contribution < 1.29 is 19.4 Å². The summed E-state index contributed by atoms with van der Waals surface area (Å²) in [7, 11) is 0.